The van der Waals surface area contributed by atoms with E-state index in [1.165, 1.54) is 0 Å². The Bertz CT molecular complexity index is 11.6. The first-order valence-corrected chi connectivity index (χ1v) is 0. The Morgan fingerprint density at radius 2 is 1.00 bits per heavy atom. The Labute approximate surface area is 35.9 Å². The van der Waals surface area contributed by atoms with Crippen LogP contribution in [0.2, 0.25) is 0 Å². The summed E-state index contributed by atoms with van der Waals surface area (Å²) < 4.78 is 0. The van der Waals surface area contributed by atoms with Crippen LogP contribution in [-0.4, -0.2) is 11.0 Å². The van der Waals surface area contributed by atoms with E-state index in [1.54, 1.807) is 0 Å². The van der Waals surface area contributed by atoms with E-state index in [4.69, 9.17) is 0 Å². The van der Waals surface area contributed by atoms with E-state index in [9.17, 15) is 0 Å². The Morgan fingerprint density at radius 3 is 1.00 bits per heavy atom. The molecule has 0 heterocycles. The Morgan fingerprint density at radius 1 is 1.00 bits per heavy atom. The van der Waals surface area contributed by atoms with Crippen molar-refractivity contribution in [2.45, 2.75) is 0 Å². The standard InChI is InChI=1S/C.FH.N.O.Si/h;1H;;;. The van der Waals surface area contributed by atoms with Gasteiger partial charge in [0.15, 0.2) is 0 Å². The van der Waals surface area contributed by atoms with Crippen LogP contribution in [0.5, 0.6) is 0 Å². The molecule has 0 aliphatic rings. The van der Waals surface area contributed by atoms with Crippen LogP contribution in [0.25, 0.3) is 0 Å². The highest BCUT2D eigenvalue weighted by Crippen LogP contribution is 0.420. The second-order valence-corrected chi connectivity index (χ2v) is 0. The summed E-state index contributed by atoms with van der Waals surface area (Å²) in [6.45, 7) is 0. The van der Waals surface area contributed by atoms with Gasteiger partial charge in [0.1, 0.15) is 0 Å². The summed E-state index contributed by atoms with van der Waals surface area (Å²) in [5.41, 5.74) is 0. The van der Waals surface area contributed by atoms with Crippen molar-refractivity contribution in [1.82, 2.24) is 6.15 Å². The van der Waals surface area contributed by atoms with Crippen LogP contribution in [0, 0.1) is 7.43 Å². The Kier molecular flexibility index (Phi) is 32000000. The average molecular weight is 90.1 g/mol. The SMILES string of the molecule is F.[C].[N].[O].[Si]. The molecule has 0 aliphatic heterocycles. The molecule has 0 amide bonds. The number of hydrogen-bond acceptors (Lipinski definition) is 0. The summed E-state index contributed by atoms with van der Waals surface area (Å²) in [7, 11) is 0. The van der Waals surface area contributed by atoms with Gasteiger partial charge in [-0.05, 0) is 0 Å². The van der Waals surface area contributed by atoms with Crippen molar-refractivity contribution in [2.75, 3.05) is 0 Å². The van der Waals surface area contributed by atoms with E-state index in [0.717, 1.165) is 0 Å². The lowest BCUT2D eigenvalue weighted by molar-refractivity contribution is 0.686. The van der Waals surface area contributed by atoms with Gasteiger partial charge in [-0.1, -0.05) is 0 Å². The zero-order valence-corrected chi connectivity index (χ0v) is 3.26. The summed E-state index contributed by atoms with van der Waals surface area (Å²) in [5, 5.41) is 0. The van der Waals surface area contributed by atoms with Crippen molar-refractivity contribution in [1.29, 1.82) is 0 Å². The summed E-state index contributed by atoms with van der Waals surface area (Å²) >= 11 is 0. The van der Waals surface area contributed by atoms with Crippen LogP contribution >= 0.6 is 0 Å². The highest BCUT2D eigenvalue weighted by Gasteiger charge is 0.00301. The first kappa shape index (κ1) is 18700. The third-order valence-corrected chi connectivity index (χ3v) is 0. The number of rotatable bonds is 0. The monoisotopic (exact) mass is 90.0 g/mol. The van der Waals surface area contributed by atoms with Crippen molar-refractivity contribution in [3.63, 3.8) is 0 Å². The van der Waals surface area contributed by atoms with Gasteiger partial charge < -0.3 is 0 Å². The molecular formula is CHFNOSi. The minimum Gasteiger partial charge on any atom is -0.269 e. The Balaban J connectivity index is 0. The average Bonchev–Trinajstić information content (AvgIpc) is 0. The second kappa shape index (κ2) is 8550. The fourth-order valence-electron chi connectivity index (χ4n) is 0. The topological polar surface area (TPSA) is 59.0 Å². The maximum atomic E-state index is 0. The largest absolute Gasteiger partial charge is 0.269 e. The molecule has 0 aliphatic carbocycles. The molecule has 0 spiro atoms. The molecule has 0 aromatic carbocycles. The first-order valence-electron chi connectivity index (χ1n) is 0. The minimum atomic E-state index is 0. The summed E-state index contributed by atoms with van der Waals surface area (Å²) in [6, 6.07) is 0. The predicted octanol–water partition coefficient (Wildman–Crippen LogP) is -0.746. The van der Waals surface area contributed by atoms with Crippen molar-refractivity contribution < 1.29 is 10.2 Å². The normalized spacial score (nSPS) is 0. The molecule has 0 bridgehead atoms. The minimum absolute atomic E-state index is 0. The van der Waals surface area contributed by atoms with Crippen molar-refractivity contribution in [2.24, 2.45) is 0 Å². The van der Waals surface area contributed by atoms with Crippen LogP contribution < -0.4 is 6.15 Å². The lowest BCUT2D eigenvalue weighted by atomic mass is 12.0. The molecule has 4 heteroatoms. The fraction of sp³-hybridized carbons (Fsp3) is 0. The van der Waals surface area contributed by atoms with E-state index < -0.39 is 0 Å². The third-order valence-electron chi connectivity index (χ3n) is 0. The molecular weight excluding hydrogens is 89.1 g/mol. The highest BCUT2D eigenvalue weighted by atomic mass is 28.1. The van der Waals surface area contributed by atoms with Gasteiger partial charge in [-0.3, -0.25) is 4.70 Å². The lowest BCUT2D eigenvalue weighted by Crippen LogP contribution is -0.481. The van der Waals surface area contributed by atoms with E-state index in [0.29, 0.717) is 0 Å². The second-order valence-electron chi connectivity index (χ2n) is 0. The molecule has 5 heavy (non-hydrogen) atoms. The quantitative estimate of drug-likeness (QED) is 0.351. The summed E-state index contributed by atoms with van der Waals surface area (Å²) in [6.07, 6.45) is 0. The zero-order valence-electron chi connectivity index (χ0n) is 2.26. The number of halogens is 1. The zero-order chi connectivity index (χ0) is 0. The number of hydrogen-bond donors (Lipinski definition) is 0. The number of nitrogens with zero attached hydrogens (tertiary/aromatic N) is 1. The molecule has 0 unspecified atom stereocenters. The van der Waals surface area contributed by atoms with Gasteiger partial charge >= 0.3 is 0 Å². The molecule has 0 atom stereocenters. The van der Waals surface area contributed by atoms with E-state index in [1.807, 2.05) is 0 Å². The maximum Gasteiger partial charge on any atom is 0 e. The molecule has 0 saturated carbocycles. The Hall–Kier alpha value is 0.0669. The molecule has 0 aromatic rings. The van der Waals surface area contributed by atoms with Crippen molar-refractivity contribution >= 4 is 11.0 Å². The van der Waals surface area contributed by atoms with Gasteiger partial charge in [0.05, 0.1) is 0 Å². The van der Waals surface area contributed by atoms with Gasteiger partial charge in [0.25, 0.3) is 0 Å². The van der Waals surface area contributed by atoms with Crippen LogP contribution in [0.1, 0.15) is 0 Å². The van der Waals surface area contributed by atoms with Gasteiger partial charge in [-0.2, -0.15) is 0 Å². The van der Waals surface area contributed by atoms with Crippen LogP contribution in [0.15, 0.2) is 0 Å². The predicted molar refractivity (Wildman–Crippen MR) is 14.3 cm³/mol. The van der Waals surface area contributed by atoms with Crippen LogP contribution in [0.3, 0.4) is 0 Å². The van der Waals surface area contributed by atoms with Crippen molar-refractivity contribution in [3.8, 4) is 0 Å². The van der Waals surface area contributed by atoms with Gasteiger partial charge in [0, 0.05) is 30.0 Å². The molecule has 13 radical (unpaired) electrons. The maximum absolute atomic E-state index is 0. The molecule has 0 N–H and O–H groups in total. The van der Waals surface area contributed by atoms with Crippen LogP contribution in [-0.2, 0) is 5.48 Å². The molecule has 0 fully saturated rings. The molecule has 2 nitrogen and oxygen atoms in total. The fourth-order valence-corrected chi connectivity index (χ4v) is 0. The molecule has 0 saturated heterocycles. The van der Waals surface area contributed by atoms with Crippen molar-refractivity contribution in [3.05, 3.63) is 7.43 Å². The smallest absolute Gasteiger partial charge is 0 e. The molecule has 27 valence electrons. The van der Waals surface area contributed by atoms with Gasteiger partial charge in [-0.25, -0.2) is 0 Å². The van der Waals surface area contributed by atoms with E-state index in [2.05, 4.69) is 0 Å². The van der Waals surface area contributed by atoms with Crippen LogP contribution in [0.4, 0.5) is 4.70 Å². The third kappa shape index (κ3) is 3880. The van der Waals surface area contributed by atoms with Gasteiger partial charge in [0.2, 0.25) is 0 Å². The van der Waals surface area contributed by atoms with Gasteiger partial charge in [-0.15, -0.1) is 0 Å². The highest BCUT2D eigenvalue weighted by molar-refractivity contribution is 5.75. The summed E-state index contributed by atoms with van der Waals surface area (Å²) in [4.78, 5) is 0. The lowest BCUT2D eigenvalue weighted by Gasteiger charge is -0.269. The molecule has 0 aromatic heterocycles. The first-order chi connectivity index (χ1) is 0. The summed E-state index contributed by atoms with van der Waals surface area (Å²) in [5.74, 6) is 0. The van der Waals surface area contributed by atoms with E-state index >= 15 is 0 Å². The molecule has 0 rings (SSSR count). The van der Waals surface area contributed by atoms with E-state index in [-0.39, 0.29) is 34.7 Å².